The molecule has 2 rings (SSSR count). The number of nitrogens with zero attached hydrogens (tertiary/aromatic N) is 4. The van der Waals surface area contributed by atoms with Gasteiger partial charge in [-0.2, -0.15) is 4.98 Å². The van der Waals surface area contributed by atoms with Crippen molar-refractivity contribution in [2.45, 2.75) is 6.42 Å². The van der Waals surface area contributed by atoms with Crippen LogP contribution in [0.1, 0.15) is 6.42 Å². The zero-order valence-corrected chi connectivity index (χ0v) is 11.1. The summed E-state index contributed by atoms with van der Waals surface area (Å²) in [4.78, 5) is 12.2. The first kappa shape index (κ1) is 14.0. The van der Waals surface area contributed by atoms with Gasteiger partial charge in [0.1, 0.15) is 0 Å². The van der Waals surface area contributed by atoms with Gasteiger partial charge in [0, 0.05) is 33.2 Å². The van der Waals surface area contributed by atoms with E-state index in [1.807, 2.05) is 4.90 Å². The second-order valence-corrected chi connectivity index (χ2v) is 4.52. The molecule has 1 aromatic heterocycles. The molecule has 6 nitrogen and oxygen atoms in total. The van der Waals surface area contributed by atoms with E-state index < -0.39 is 5.82 Å². The lowest BCUT2D eigenvalue weighted by molar-refractivity contribution is 0.204. The van der Waals surface area contributed by atoms with E-state index in [9.17, 15) is 4.39 Å². The third-order valence-electron chi connectivity index (χ3n) is 3.25. The van der Waals surface area contributed by atoms with E-state index in [1.54, 1.807) is 7.05 Å². The molecule has 0 atom stereocenters. The topological polar surface area (TPSA) is 64.5 Å². The molecule has 1 saturated heterocycles. The first-order chi connectivity index (χ1) is 9.24. The van der Waals surface area contributed by atoms with E-state index in [0.717, 1.165) is 26.1 Å². The van der Waals surface area contributed by atoms with E-state index in [2.05, 4.69) is 20.2 Å². The van der Waals surface area contributed by atoms with Crippen LogP contribution in [0.3, 0.4) is 0 Å². The average Bonchev–Trinajstić information content (AvgIpc) is 2.65. The van der Waals surface area contributed by atoms with Gasteiger partial charge in [0.2, 0.25) is 5.95 Å². The molecule has 2 N–H and O–H groups in total. The van der Waals surface area contributed by atoms with Crippen LogP contribution in [-0.4, -0.2) is 66.4 Å². The molecule has 0 unspecified atom stereocenters. The summed E-state index contributed by atoms with van der Waals surface area (Å²) in [5, 5.41) is 11.8. The Labute approximate surface area is 112 Å². The highest BCUT2D eigenvalue weighted by Gasteiger charge is 2.19. The minimum atomic E-state index is -0.394. The molecule has 0 radical (unpaired) electrons. The van der Waals surface area contributed by atoms with Crippen LogP contribution >= 0.6 is 0 Å². The first-order valence-corrected chi connectivity index (χ1v) is 6.53. The van der Waals surface area contributed by atoms with E-state index >= 15 is 0 Å². The standard InChI is InChI=1S/C12H20FN5O/c1-14-12-15-9-10(13)11(16-12)18-4-2-3-17(5-6-18)7-8-19/h9,19H,2-8H2,1H3,(H,14,15,16). The van der Waals surface area contributed by atoms with Crippen LogP contribution < -0.4 is 10.2 Å². The van der Waals surface area contributed by atoms with Crippen LogP contribution in [0, 0.1) is 5.82 Å². The molecule has 0 aliphatic carbocycles. The minimum Gasteiger partial charge on any atom is -0.395 e. The molecule has 1 aliphatic heterocycles. The third-order valence-corrected chi connectivity index (χ3v) is 3.25. The van der Waals surface area contributed by atoms with Gasteiger partial charge in [-0.1, -0.05) is 0 Å². The molecule has 0 spiro atoms. The molecule has 2 heterocycles. The number of aliphatic hydroxyl groups is 1. The molecular weight excluding hydrogens is 249 g/mol. The van der Waals surface area contributed by atoms with Gasteiger partial charge in [0.15, 0.2) is 11.6 Å². The van der Waals surface area contributed by atoms with Crippen LogP contribution in [0.25, 0.3) is 0 Å². The van der Waals surface area contributed by atoms with E-state index in [4.69, 9.17) is 5.11 Å². The lowest BCUT2D eigenvalue weighted by Gasteiger charge is -2.22. The Bertz CT molecular complexity index is 417. The zero-order chi connectivity index (χ0) is 13.7. The van der Waals surface area contributed by atoms with Crippen molar-refractivity contribution in [1.82, 2.24) is 14.9 Å². The summed E-state index contributed by atoms with van der Waals surface area (Å²) in [6, 6.07) is 0. The SMILES string of the molecule is CNc1ncc(F)c(N2CCCN(CCO)CC2)n1. The monoisotopic (exact) mass is 269 g/mol. The van der Waals surface area contributed by atoms with Gasteiger partial charge in [-0.15, -0.1) is 0 Å². The van der Waals surface area contributed by atoms with Crippen molar-refractivity contribution in [3.8, 4) is 0 Å². The largest absolute Gasteiger partial charge is 0.395 e. The van der Waals surface area contributed by atoms with Crippen molar-refractivity contribution in [1.29, 1.82) is 0 Å². The Kier molecular flexibility index (Phi) is 4.86. The van der Waals surface area contributed by atoms with Crippen molar-refractivity contribution >= 4 is 11.8 Å². The van der Waals surface area contributed by atoms with Gasteiger partial charge in [0.05, 0.1) is 12.8 Å². The Morgan fingerprint density at radius 3 is 2.95 bits per heavy atom. The number of hydrogen-bond donors (Lipinski definition) is 2. The predicted octanol–water partition coefficient (Wildman–Crippen LogP) is 0.162. The number of nitrogens with one attached hydrogen (secondary N) is 1. The lowest BCUT2D eigenvalue weighted by atomic mass is 10.3. The fraction of sp³-hybridized carbons (Fsp3) is 0.667. The number of β-amino-alcohol motifs (C(OH)–C–C–N with tert-alkyl or cyclic N) is 1. The van der Waals surface area contributed by atoms with Crippen molar-refractivity contribution in [2.75, 3.05) is 56.6 Å². The van der Waals surface area contributed by atoms with Crippen LogP contribution in [0.2, 0.25) is 0 Å². The zero-order valence-electron chi connectivity index (χ0n) is 11.1. The third kappa shape index (κ3) is 3.51. The molecule has 19 heavy (non-hydrogen) atoms. The summed E-state index contributed by atoms with van der Waals surface area (Å²) in [5.41, 5.74) is 0. The van der Waals surface area contributed by atoms with Crippen molar-refractivity contribution < 1.29 is 9.50 Å². The molecule has 0 amide bonds. The van der Waals surface area contributed by atoms with Crippen LogP contribution in [0.5, 0.6) is 0 Å². The smallest absolute Gasteiger partial charge is 0.224 e. The Balaban J connectivity index is 2.09. The highest BCUT2D eigenvalue weighted by molar-refractivity contribution is 5.43. The minimum absolute atomic E-state index is 0.159. The second-order valence-electron chi connectivity index (χ2n) is 4.52. The molecule has 106 valence electrons. The highest BCUT2D eigenvalue weighted by Crippen LogP contribution is 2.18. The first-order valence-electron chi connectivity index (χ1n) is 6.53. The number of halogens is 1. The number of rotatable bonds is 4. The average molecular weight is 269 g/mol. The summed E-state index contributed by atoms with van der Waals surface area (Å²) < 4.78 is 13.8. The summed E-state index contributed by atoms with van der Waals surface area (Å²) in [5.74, 6) is 0.382. The van der Waals surface area contributed by atoms with E-state index in [-0.39, 0.29) is 6.61 Å². The van der Waals surface area contributed by atoms with Gasteiger partial charge in [-0.25, -0.2) is 9.37 Å². The van der Waals surface area contributed by atoms with E-state index in [1.165, 1.54) is 6.20 Å². The molecule has 1 aromatic rings. The van der Waals surface area contributed by atoms with Crippen LogP contribution in [0.15, 0.2) is 6.20 Å². The molecule has 0 saturated carbocycles. The summed E-state index contributed by atoms with van der Waals surface area (Å²) in [6.45, 7) is 4.02. The number of anilines is 2. The van der Waals surface area contributed by atoms with Gasteiger partial charge < -0.3 is 15.3 Å². The van der Waals surface area contributed by atoms with Gasteiger partial charge in [-0.05, 0) is 13.0 Å². The fourth-order valence-electron chi connectivity index (χ4n) is 2.25. The van der Waals surface area contributed by atoms with Crippen molar-refractivity contribution in [2.24, 2.45) is 0 Å². The maximum absolute atomic E-state index is 13.8. The summed E-state index contributed by atoms with van der Waals surface area (Å²) >= 11 is 0. The number of hydrogen-bond acceptors (Lipinski definition) is 6. The summed E-state index contributed by atoms with van der Waals surface area (Å²) in [6.07, 6.45) is 2.13. The quantitative estimate of drug-likeness (QED) is 0.812. The molecule has 7 heteroatoms. The van der Waals surface area contributed by atoms with Gasteiger partial charge in [-0.3, -0.25) is 4.90 Å². The second kappa shape index (κ2) is 6.63. The maximum atomic E-state index is 13.8. The number of aromatic nitrogens is 2. The van der Waals surface area contributed by atoms with E-state index in [0.29, 0.717) is 24.9 Å². The Morgan fingerprint density at radius 1 is 1.37 bits per heavy atom. The van der Waals surface area contributed by atoms with Gasteiger partial charge in [0.25, 0.3) is 0 Å². The Morgan fingerprint density at radius 2 is 2.21 bits per heavy atom. The molecule has 0 bridgehead atoms. The van der Waals surface area contributed by atoms with Crippen molar-refractivity contribution in [3.63, 3.8) is 0 Å². The molecular formula is C12H20FN5O. The molecule has 1 aliphatic rings. The predicted molar refractivity (Wildman–Crippen MR) is 71.9 cm³/mol. The fourth-order valence-corrected chi connectivity index (χ4v) is 2.25. The lowest BCUT2D eigenvalue weighted by Crippen LogP contribution is -2.33. The Hall–Kier alpha value is -1.47. The number of aliphatic hydroxyl groups excluding tert-OH is 1. The highest BCUT2D eigenvalue weighted by atomic mass is 19.1. The molecule has 0 aromatic carbocycles. The van der Waals surface area contributed by atoms with Gasteiger partial charge >= 0.3 is 0 Å². The summed E-state index contributed by atoms with van der Waals surface area (Å²) in [7, 11) is 1.71. The van der Waals surface area contributed by atoms with Crippen LogP contribution in [0.4, 0.5) is 16.2 Å². The van der Waals surface area contributed by atoms with Crippen molar-refractivity contribution in [3.05, 3.63) is 12.0 Å². The molecule has 1 fully saturated rings. The maximum Gasteiger partial charge on any atom is 0.224 e. The normalized spacial score (nSPS) is 17.3. The van der Waals surface area contributed by atoms with Crippen LogP contribution in [-0.2, 0) is 0 Å².